The third kappa shape index (κ3) is 4.45. The van der Waals surface area contributed by atoms with Crippen LogP contribution in [0, 0.1) is 11.7 Å². The Morgan fingerprint density at radius 3 is 2.78 bits per heavy atom. The number of primary amides is 1. The van der Waals surface area contributed by atoms with E-state index in [2.05, 4.69) is 10.4 Å². The molecule has 12 heteroatoms. The van der Waals surface area contributed by atoms with Gasteiger partial charge in [-0.05, 0) is 62.8 Å². The minimum atomic E-state index is -1.57. The molecule has 236 valence electrons. The minimum absolute atomic E-state index is 0.00641. The number of rotatable bonds is 9. The highest BCUT2D eigenvalue weighted by Crippen LogP contribution is 2.51. The van der Waals surface area contributed by atoms with Gasteiger partial charge in [0.25, 0.3) is 5.91 Å². The number of hydrogen-bond acceptors (Lipinski definition) is 8. The molecule has 0 bridgehead atoms. The van der Waals surface area contributed by atoms with E-state index in [1.807, 2.05) is 10.9 Å². The largest absolute Gasteiger partial charge is 0.494 e. The zero-order valence-electron chi connectivity index (χ0n) is 25.3. The van der Waals surface area contributed by atoms with Gasteiger partial charge in [0, 0.05) is 39.0 Å². The summed E-state index contributed by atoms with van der Waals surface area (Å²) in [6.07, 6.45) is 5.55. The number of aromatic nitrogens is 3. The predicted molar refractivity (Wildman–Crippen MR) is 171 cm³/mol. The van der Waals surface area contributed by atoms with E-state index in [4.69, 9.17) is 20.2 Å². The molecule has 2 aromatic carbocycles. The van der Waals surface area contributed by atoms with Gasteiger partial charge in [0.15, 0.2) is 0 Å². The molecule has 3 aliphatic rings. The number of nitrogens with zero attached hydrogens (tertiary/aromatic N) is 3. The zero-order valence-corrected chi connectivity index (χ0v) is 26.1. The average molecular weight is 642 g/mol. The van der Waals surface area contributed by atoms with Gasteiger partial charge >= 0.3 is 0 Å². The van der Waals surface area contributed by atoms with E-state index >= 15 is 0 Å². The smallest absolute Gasteiger partial charge is 0.251 e. The molecule has 2 fully saturated rings. The van der Waals surface area contributed by atoms with Crippen LogP contribution in [0.25, 0.3) is 32.2 Å². The van der Waals surface area contributed by atoms with Crippen LogP contribution in [0.3, 0.4) is 0 Å². The summed E-state index contributed by atoms with van der Waals surface area (Å²) in [5.41, 5.74) is 6.01. The molecule has 5 aromatic rings. The number of aliphatic hydroxyl groups is 1. The summed E-state index contributed by atoms with van der Waals surface area (Å²) in [5.74, 6) is -0.620. The molecule has 1 aliphatic heterocycles. The quantitative estimate of drug-likeness (QED) is 0.207. The van der Waals surface area contributed by atoms with Crippen molar-refractivity contribution < 1.29 is 28.6 Å². The highest BCUT2D eigenvalue weighted by atomic mass is 32.1. The van der Waals surface area contributed by atoms with E-state index < -0.39 is 16.9 Å². The Kier molecular flexibility index (Phi) is 6.42. The summed E-state index contributed by atoms with van der Waals surface area (Å²) in [5, 5.41) is 23.2. The number of carbonyl (C=O) groups is 2. The van der Waals surface area contributed by atoms with Crippen LogP contribution >= 0.6 is 11.3 Å². The fraction of sp³-hybridized carbons (Fsp3) is 0.353. The summed E-state index contributed by atoms with van der Waals surface area (Å²) in [4.78, 5) is 31.3. The first-order valence-corrected chi connectivity index (χ1v) is 16.2. The number of amides is 2. The molecule has 8 rings (SSSR count). The Morgan fingerprint density at radius 2 is 2.07 bits per heavy atom. The third-order valence-electron chi connectivity index (χ3n) is 9.63. The number of carbonyl (C=O) groups excluding carboxylic acids is 2. The predicted octanol–water partition coefficient (Wildman–Crippen LogP) is 4.96. The first-order valence-electron chi connectivity index (χ1n) is 15.3. The minimum Gasteiger partial charge on any atom is -0.494 e. The lowest BCUT2D eigenvalue weighted by Gasteiger charge is -2.30. The molecule has 3 aromatic heterocycles. The molecule has 4 N–H and O–H groups in total. The normalized spacial score (nSPS) is 20.3. The number of halogens is 1. The number of hydrogen-bond donors (Lipinski definition) is 3. The van der Waals surface area contributed by atoms with Gasteiger partial charge in [-0.1, -0.05) is 12.1 Å². The first kappa shape index (κ1) is 28.9. The molecule has 2 saturated carbocycles. The van der Waals surface area contributed by atoms with Crippen molar-refractivity contribution in [2.45, 2.75) is 49.7 Å². The molecule has 0 saturated heterocycles. The van der Waals surface area contributed by atoms with Gasteiger partial charge in [-0.15, -0.1) is 11.3 Å². The second-order valence-electron chi connectivity index (χ2n) is 12.8. The average Bonchev–Trinajstić information content (AvgIpc) is 3.97. The lowest BCUT2D eigenvalue weighted by molar-refractivity contribution is -0.123. The number of thiophene rings is 1. The fourth-order valence-electron chi connectivity index (χ4n) is 6.45. The lowest BCUT2D eigenvalue weighted by atomic mass is 9.81. The molecule has 0 radical (unpaired) electrons. The maximum atomic E-state index is 14.7. The molecule has 2 aliphatic carbocycles. The fourth-order valence-corrected chi connectivity index (χ4v) is 7.41. The van der Waals surface area contributed by atoms with Crippen molar-refractivity contribution in [2.75, 3.05) is 20.3 Å². The molecule has 46 heavy (non-hydrogen) atoms. The monoisotopic (exact) mass is 641 g/mol. The van der Waals surface area contributed by atoms with Crippen LogP contribution in [-0.4, -0.2) is 51.9 Å². The summed E-state index contributed by atoms with van der Waals surface area (Å²) in [6, 6.07) is 10.3. The van der Waals surface area contributed by atoms with E-state index in [0.717, 1.165) is 31.1 Å². The van der Waals surface area contributed by atoms with E-state index in [1.165, 1.54) is 17.4 Å². The van der Waals surface area contributed by atoms with Crippen LogP contribution in [0.4, 0.5) is 4.39 Å². The number of ether oxygens (including phenoxy) is 2. The number of methoxy groups -OCH3 is 1. The second kappa shape index (κ2) is 10.2. The SMILES string of the molecule is COc1cc(C(=O)NCC(O)(c2cc3c(c(-c4csc5c(F)cccc45)n2)OC[C@]3(C)C(N)=O)C2CC2)cc2cn(C3CC3)nc12. The Labute approximate surface area is 267 Å². The van der Waals surface area contributed by atoms with E-state index in [1.54, 1.807) is 49.7 Å². The Hall–Kier alpha value is -4.55. The number of benzene rings is 2. The van der Waals surface area contributed by atoms with Crippen LogP contribution in [0.15, 0.2) is 48.0 Å². The van der Waals surface area contributed by atoms with Gasteiger partial charge in [0.05, 0.1) is 30.1 Å². The van der Waals surface area contributed by atoms with Crippen LogP contribution in [-0.2, 0) is 15.8 Å². The van der Waals surface area contributed by atoms with Gasteiger partial charge < -0.3 is 25.6 Å². The highest BCUT2D eigenvalue weighted by molar-refractivity contribution is 7.17. The standard InChI is InChI=1S/C34H32FN5O5S/c1-33(32(36)42)16-45-29-23(33)12-26(38-28(29)22-14-46-30-21(22)4-3-5-24(30)35)34(43,19-6-7-19)15-37-31(41)17-10-18-13-40(20-8-9-20)39-27(18)25(11-17)44-2/h3-5,10-14,19-20,43H,6-9,15-16H2,1-2H3,(H2,36,42)(H,37,41)/t33-,34?/m0/s1. The number of nitrogens with two attached hydrogens (primary N) is 1. The van der Waals surface area contributed by atoms with E-state index in [0.29, 0.717) is 55.5 Å². The van der Waals surface area contributed by atoms with Crippen molar-refractivity contribution in [3.05, 3.63) is 70.6 Å². The van der Waals surface area contributed by atoms with E-state index in [9.17, 15) is 19.1 Å². The van der Waals surface area contributed by atoms with Gasteiger partial charge in [-0.2, -0.15) is 5.10 Å². The summed E-state index contributed by atoms with van der Waals surface area (Å²) >= 11 is 1.24. The summed E-state index contributed by atoms with van der Waals surface area (Å²) in [6.45, 7) is 1.58. The van der Waals surface area contributed by atoms with E-state index in [-0.39, 0.29) is 36.5 Å². The molecular weight excluding hydrogens is 609 g/mol. The first-order chi connectivity index (χ1) is 22.1. The Morgan fingerprint density at radius 1 is 1.26 bits per heavy atom. The third-order valence-corrected chi connectivity index (χ3v) is 10.6. The number of fused-ring (bicyclic) bond motifs is 3. The Balaban J connectivity index is 1.19. The summed E-state index contributed by atoms with van der Waals surface area (Å²) in [7, 11) is 1.55. The van der Waals surface area contributed by atoms with Crippen molar-refractivity contribution in [1.29, 1.82) is 0 Å². The van der Waals surface area contributed by atoms with Gasteiger partial charge in [-0.25, -0.2) is 9.37 Å². The summed E-state index contributed by atoms with van der Waals surface area (Å²) < 4.78 is 28.7. The maximum absolute atomic E-state index is 14.7. The van der Waals surface area contributed by atoms with Gasteiger partial charge in [0.1, 0.15) is 46.1 Å². The van der Waals surface area contributed by atoms with Crippen molar-refractivity contribution in [3.63, 3.8) is 0 Å². The molecule has 10 nitrogen and oxygen atoms in total. The van der Waals surface area contributed by atoms with Crippen molar-refractivity contribution in [1.82, 2.24) is 20.1 Å². The topological polar surface area (TPSA) is 142 Å². The number of pyridine rings is 1. The number of nitrogens with one attached hydrogen (secondary N) is 1. The zero-order chi connectivity index (χ0) is 32.0. The van der Waals surface area contributed by atoms with Crippen molar-refractivity contribution in [3.8, 4) is 22.8 Å². The maximum Gasteiger partial charge on any atom is 0.251 e. The second-order valence-corrected chi connectivity index (χ2v) is 13.7. The van der Waals surface area contributed by atoms with Gasteiger partial charge in [-0.3, -0.25) is 14.3 Å². The van der Waals surface area contributed by atoms with Crippen LogP contribution < -0.4 is 20.5 Å². The Bertz CT molecular complexity index is 2090. The molecule has 2 amide bonds. The van der Waals surface area contributed by atoms with Crippen LogP contribution in [0.2, 0.25) is 0 Å². The van der Waals surface area contributed by atoms with Crippen LogP contribution in [0.1, 0.15) is 60.3 Å². The van der Waals surface area contributed by atoms with Crippen molar-refractivity contribution in [2.24, 2.45) is 11.7 Å². The molecular formula is C34H32FN5O5S. The van der Waals surface area contributed by atoms with Crippen molar-refractivity contribution >= 4 is 44.1 Å². The molecule has 2 atom stereocenters. The molecule has 4 heterocycles. The highest BCUT2D eigenvalue weighted by Gasteiger charge is 2.50. The van der Waals surface area contributed by atoms with Gasteiger partial charge in [0.2, 0.25) is 5.91 Å². The molecule has 1 unspecified atom stereocenters. The van der Waals surface area contributed by atoms with Crippen LogP contribution in [0.5, 0.6) is 11.5 Å². The lowest BCUT2D eigenvalue weighted by Crippen LogP contribution is -2.44. The molecule has 0 spiro atoms.